The number of anilines is 3. The fraction of sp³-hybridized carbons (Fsp3) is 0.120. The molecule has 3 nitrogen and oxygen atoms in total. The van der Waals surface area contributed by atoms with Gasteiger partial charge in [0.1, 0.15) is 0 Å². The lowest BCUT2D eigenvalue weighted by Gasteiger charge is -2.28. The molecular weight excluding hydrogens is 643 g/mol. The van der Waals surface area contributed by atoms with Crippen molar-refractivity contribution >= 4 is 28.2 Å². The average molecular weight is 682 g/mol. The van der Waals surface area contributed by atoms with E-state index in [9.17, 15) is 0 Å². The number of benzene rings is 7. The quantitative estimate of drug-likeness (QED) is 0.181. The molecule has 0 amide bonds. The highest BCUT2D eigenvalue weighted by molar-refractivity contribution is 5.95. The maximum absolute atomic E-state index is 5.48. The standard InChI is InChI=1S/C50H39N3/c1-49(2)42-19-11-8-16-37(42)39-28-26-35(30-44(39)49)53(36-27-29-40-38-17-9-12-20-43(38)50(3,4)45(40)31-36)48-51-46-21-13-10-18-41(46)47(52-48)34-24-22-33(23-25-34)32-14-6-5-7-15-32/h5-31H,1-4H3. The van der Waals surface area contributed by atoms with E-state index in [1.165, 1.54) is 55.6 Å². The van der Waals surface area contributed by atoms with Gasteiger partial charge in [0.05, 0.1) is 11.2 Å². The molecule has 2 aliphatic carbocycles. The van der Waals surface area contributed by atoms with Crippen LogP contribution in [0.2, 0.25) is 0 Å². The van der Waals surface area contributed by atoms with Gasteiger partial charge < -0.3 is 0 Å². The van der Waals surface area contributed by atoms with Crippen LogP contribution >= 0.6 is 0 Å². The van der Waals surface area contributed by atoms with Crippen molar-refractivity contribution in [1.29, 1.82) is 0 Å². The van der Waals surface area contributed by atoms with Gasteiger partial charge in [-0.3, -0.25) is 4.90 Å². The van der Waals surface area contributed by atoms with Gasteiger partial charge in [-0.2, -0.15) is 0 Å². The Morgan fingerprint density at radius 1 is 0.396 bits per heavy atom. The summed E-state index contributed by atoms with van der Waals surface area (Å²) in [6.45, 7) is 9.35. The van der Waals surface area contributed by atoms with Gasteiger partial charge >= 0.3 is 0 Å². The average Bonchev–Trinajstić information content (AvgIpc) is 3.57. The second-order valence-corrected chi connectivity index (χ2v) is 15.5. The molecule has 0 N–H and O–H groups in total. The van der Waals surface area contributed by atoms with Gasteiger partial charge in [0.25, 0.3) is 0 Å². The molecule has 0 fully saturated rings. The summed E-state index contributed by atoms with van der Waals surface area (Å²) < 4.78 is 0. The van der Waals surface area contributed by atoms with E-state index in [1.54, 1.807) is 0 Å². The van der Waals surface area contributed by atoms with E-state index in [2.05, 4.69) is 196 Å². The molecule has 0 aliphatic heterocycles. The Morgan fingerprint density at radius 3 is 1.47 bits per heavy atom. The molecule has 0 spiro atoms. The van der Waals surface area contributed by atoms with Gasteiger partial charge in [0.15, 0.2) is 0 Å². The molecule has 0 saturated carbocycles. The Hall–Kier alpha value is -6.32. The summed E-state index contributed by atoms with van der Waals surface area (Å²) in [6.07, 6.45) is 0. The summed E-state index contributed by atoms with van der Waals surface area (Å²) >= 11 is 0. The molecule has 53 heavy (non-hydrogen) atoms. The number of nitrogens with zero attached hydrogens (tertiary/aromatic N) is 3. The second-order valence-electron chi connectivity index (χ2n) is 15.5. The largest absolute Gasteiger partial charge is 0.279 e. The van der Waals surface area contributed by atoms with E-state index in [0.717, 1.165) is 33.5 Å². The van der Waals surface area contributed by atoms with Crippen LogP contribution in [0.4, 0.5) is 17.3 Å². The molecule has 10 rings (SSSR count). The van der Waals surface area contributed by atoms with Gasteiger partial charge in [-0.15, -0.1) is 0 Å². The van der Waals surface area contributed by atoms with Crippen LogP contribution in [0.15, 0.2) is 164 Å². The molecule has 7 aromatic carbocycles. The maximum Gasteiger partial charge on any atom is 0.235 e. The Labute approximate surface area is 311 Å². The highest BCUT2D eigenvalue weighted by atomic mass is 15.3. The lowest BCUT2D eigenvalue weighted by atomic mass is 9.82. The van der Waals surface area contributed by atoms with Crippen LogP contribution in [-0.2, 0) is 10.8 Å². The minimum Gasteiger partial charge on any atom is -0.279 e. The van der Waals surface area contributed by atoms with Crippen molar-refractivity contribution in [2.45, 2.75) is 38.5 Å². The van der Waals surface area contributed by atoms with E-state index in [-0.39, 0.29) is 10.8 Å². The summed E-state index contributed by atoms with van der Waals surface area (Å²) in [5.41, 5.74) is 17.6. The van der Waals surface area contributed by atoms with Crippen molar-refractivity contribution < 1.29 is 0 Å². The first-order valence-corrected chi connectivity index (χ1v) is 18.5. The Kier molecular flexibility index (Phi) is 6.87. The van der Waals surface area contributed by atoms with Crippen LogP contribution in [0.5, 0.6) is 0 Å². The monoisotopic (exact) mass is 681 g/mol. The molecule has 0 radical (unpaired) electrons. The third-order valence-electron chi connectivity index (χ3n) is 11.7. The fourth-order valence-electron chi connectivity index (χ4n) is 8.88. The molecule has 1 heterocycles. The molecule has 2 aliphatic rings. The summed E-state index contributed by atoms with van der Waals surface area (Å²) in [5.74, 6) is 0.646. The van der Waals surface area contributed by atoms with E-state index in [1.807, 2.05) is 0 Å². The van der Waals surface area contributed by atoms with Crippen LogP contribution < -0.4 is 4.90 Å². The van der Waals surface area contributed by atoms with Crippen LogP contribution in [0.3, 0.4) is 0 Å². The smallest absolute Gasteiger partial charge is 0.235 e. The Bertz CT molecular complexity index is 2620. The SMILES string of the molecule is CC1(C)c2ccccc2-c2ccc(N(c3ccc4c(c3)C(C)(C)c3ccccc3-4)c3nc(-c4ccc(-c5ccccc5)cc4)c4ccccc4n3)cc21. The van der Waals surface area contributed by atoms with Crippen molar-refractivity contribution in [3.63, 3.8) is 0 Å². The zero-order chi connectivity index (χ0) is 35.9. The van der Waals surface area contributed by atoms with E-state index >= 15 is 0 Å². The van der Waals surface area contributed by atoms with Crippen molar-refractivity contribution in [1.82, 2.24) is 9.97 Å². The third kappa shape index (κ3) is 4.80. The molecule has 8 aromatic rings. The van der Waals surface area contributed by atoms with Gasteiger partial charge in [0, 0.05) is 33.2 Å². The maximum atomic E-state index is 5.48. The Morgan fingerprint density at radius 2 is 0.868 bits per heavy atom. The minimum atomic E-state index is -0.148. The van der Waals surface area contributed by atoms with Crippen molar-refractivity contribution in [3.8, 4) is 44.6 Å². The zero-order valence-electron chi connectivity index (χ0n) is 30.4. The van der Waals surface area contributed by atoms with Crippen LogP contribution in [0.25, 0.3) is 55.5 Å². The summed E-state index contributed by atoms with van der Waals surface area (Å²) in [6, 6.07) is 59.1. The van der Waals surface area contributed by atoms with Gasteiger partial charge in [-0.05, 0) is 86.0 Å². The number of rotatable bonds is 5. The molecule has 3 heteroatoms. The topological polar surface area (TPSA) is 29.0 Å². The highest BCUT2D eigenvalue weighted by Crippen LogP contribution is 2.53. The normalized spacial score (nSPS) is 14.3. The van der Waals surface area contributed by atoms with Crippen molar-refractivity contribution in [2.75, 3.05) is 4.90 Å². The molecular formula is C50H39N3. The van der Waals surface area contributed by atoms with Crippen molar-refractivity contribution in [2.24, 2.45) is 0 Å². The van der Waals surface area contributed by atoms with E-state index < -0.39 is 0 Å². The second kappa shape index (κ2) is 11.6. The third-order valence-corrected chi connectivity index (χ3v) is 11.7. The van der Waals surface area contributed by atoms with Crippen LogP contribution in [-0.4, -0.2) is 9.97 Å². The first kappa shape index (κ1) is 31.4. The van der Waals surface area contributed by atoms with Gasteiger partial charge in [-0.25, -0.2) is 9.97 Å². The predicted octanol–water partition coefficient (Wildman–Crippen LogP) is 13.0. The molecule has 1 aromatic heterocycles. The Balaban J connectivity index is 1.19. The number of para-hydroxylation sites is 1. The van der Waals surface area contributed by atoms with Crippen LogP contribution in [0.1, 0.15) is 49.9 Å². The fourth-order valence-corrected chi connectivity index (χ4v) is 8.88. The van der Waals surface area contributed by atoms with E-state index in [4.69, 9.17) is 9.97 Å². The minimum absolute atomic E-state index is 0.148. The number of aromatic nitrogens is 2. The highest BCUT2D eigenvalue weighted by Gasteiger charge is 2.38. The molecule has 254 valence electrons. The van der Waals surface area contributed by atoms with Gasteiger partial charge in [-0.1, -0.05) is 161 Å². The lowest BCUT2D eigenvalue weighted by Crippen LogP contribution is -2.19. The molecule has 0 saturated heterocycles. The summed E-state index contributed by atoms with van der Waals surface area (Å²) in [5, 5.41) is 1.03. The summed E-state index contributed by atoms with van der Waals surface area (Å²) in [7, 11) is 0. The first-order valence-electron chi connectivity index (χ1n) is 18.5. The van der Waals surface area contributed by atoms with Gasteiger partial charge in [0.2, 0.25) is 5.95 Å². The van der Waals surface area contributed by atoms with Crippen molar-refractivity contribution in [3.05, 3.63) is 186 Å². The number of hydrogen-bond donors (Lipinski definition) is 0. The predicted molar refractivity (Wildman–Crippen MR) is 220 cm³/mol. The zero-order valence-corrected chi connectivity index (χ0v) is 30.4. The lowest BCUT2D eigenvalue weighted by molar-refractivity contribution is 0.660. The van der Waals surface area contributed by atoms with E-state index in [0.29, 0.717) is 5.95 Å². The summed E-state index contributed by atoms with van der Waals surface area (Å²) in [4.78, 5) is 13.1. The molecule has 0 atom stereocenters. The number of hydrogen-bond acceptors (Lipinski definition) is 3. The molecule has 0 bridgehead atoms. The van der Waals surface area contributed by atoms with Crippen LogP contribution in [0, 0.1) is 0 Å². The molecule has 0 unspecified atom stereocenters. The number of fused-ring (bicyclic) bond motifs is 7. The first-order chi connectivity index (χ1) is 25.8.